The van der Waals surface area contributed by atoms with Crippen LogP contribution in [0.25, 0.3) is 0 Å². The van der Waals surface area contributed by atoms with E-state index in [9.17, 15) is 9.59 Å². The summed E-state index contributed by atoms with van der Waals surface area (Å²) in [4.78, 5) is 22.5. The molecule has 0 aliphatic carbocycles. The van der Waals surface area contributed by atoms with Crippen molar-refractivity contribution in [2.75, 3.05) is 24.7 Å². The zero-order valence-corrected chi connectivity index (χ0v) is 13.6. The smallest absolute Gasteiger partial charge is 0.322 e. The van der Waals surface area contributed by atoms with E-state index in [2.05, 4.69) is 0 Å². The summed E-state index contributed by atoms with van der Waals surface area (Å²) in [5.41, 5.74) is 11.3. The largest absolute Gasteiger partial charge is 0.465 e. The lowest BCUT2D eigenvalue weighted by Crippen LogP contribution is -2.33. The zero-order chi connectivity index (χ0) is 15.4. The molecule has 20 heavy (non-hydrogen) atoms. The van der Waals surface area contributed by atoms with Crippen molar-refractivity contribution in [3.63, 3.8) is 0 Å². The highest BCUT2D eigenvalue weighted by atomic mass is 33.1. The number of nitrogens with two attached hydrogens (primary N) is 2. The van der Waals surface area contributed by atoms with Crippen LogP contribution in [0.3, 0.4) is 0 Å². The van der Waals surface area contributed by atoms with Gasteiger partial charge in [0.1, 0.15) is 12.1 Å². The molecule has 118 valence electrons. The third kappa shape index (κ3) is 9.46. The van der Waals surface area contributed by atoms with E-state index in [1.54, 1.807) is 35.4 Å². The van der Waals surface area contributed by atoms with Crippen LogP contribution in [0.15, 0.2) is 0 Å². The normalized spacial score (nSPS) is 13.6. The molecule has 2 atom stereocenters. The lowest BCUT2D eigenvalue weighted by atomic mass is 10.2. The lowest BCUT2D eigenvalue weighted by Gasteiger charge is -2.11. The lowest BCUT2D eigenvalue weighted by molar-refractivity contribution is -0.145. The van der Waals surface area contributed by atoms with E-state index in [0.717, 1.165) is 11.5 Å². The monoisotopic (exact) mass is 324 g/mol. The highest BCUT2D eigenvalue weighted by Crippen LogP contribution is 2.23. The number of hydrogen-bond donors (Lipinski definition) is 2. The Morgan fingerprint density at radius 3 is 1.55 bits per heavy atom. The maximum Gasteiger partial charge on any atom is 0.322 e. The molecular formula is C12H24N2O4S2. The Bertz CT molecular complexity index is 265. The third-order valence-electron chi connectivity index (χ3n) is 2.29. The minimum atomic E-state index is -0.565. The van der Waals surface area contributed by atoms with Crippen molar-refractivity contribution >= 4 is 33.5 Å². The standard InChI is InChI=1S/C12H24N2O4S2/c1-3-17-11(15)9(13)5-7-19-20-8-6-10(14)12(16)18-4-2/h9-10H,3-8,13-14H2,1-2H3/t9-,10-/m1/s1. The Morgan fingerprint density at radius 1 is 0.900 bits per heavy atom. The van der Waals surface area contributed by atoms with Gasteiger partial charge in [-0.25, -0.2) is 0 Å². The van der Waals surface area contributed by atoms with E-state index in [0.29, 0.717) is 26.1 Å². The van der Waals surface area contributed by atoms with E-state index >= 15 is 0 Å². The Hall–Kier alpha value is -0.440. The molecule has 0 aliphatic rings. The van der Waals surface area contributed by atoms with E-state index in [1.165, 1.54) is 0 Å². The summed E-state index contributed by atoms with van der Waals surface area (Å²) >= 11 is 0. The van der Waals surface area contributed by atoms with Gasteiger partial charge in [-0.1, -0.05) is 21.6 Å². The second kappa shape index (κ2) is 12.3. The summed E-state index contributed by atoms with van der Waals surface area (Å²) in [6.45, 7) is 4.20. The van der Waals surface area contributed by atoms with Crippen LogP contribution in [-0.4, -0.2) is 48.7 Å². The van der Waals surface area contributed by atoms with Gasteiger partial charge >= 0.3 is 11.9 Å². The molecule has 0 aromatic carbocycles. The van der Waals surface area contributed by atoms with Crippen molar-refractivity contribution in [2.24, 2.45) is 11.5 Å². The average molecular weight is 324 g/mol. The first-order valence-corrected chi connectivity index (χ1v) is 9.10. The number of carbonyl (C=O) groups excluding carboxylic acids is 2. The molecule has 0 saturated carbocycles. The maximum absolute atomic E-state index is 11.3. The average Bonchev–Trinajstić information content (AvgIpc) is 2.42. The molecule has 8 heteroatoms. The van der Waals surface area contributed by atoms with Crippen LogP contribution in [0.2, 0.25) is 0 Å². The highest BCUT2D eigenvalue weighted by molar-refractivity contribution is 8.76. The van der Waals surface area contributed by atoms with Crippen molar-refractivity contribution in [1.29, 1.82) is 0 Å². The van der Waals surface area contributed by atoms with Crippen molar-refractivity contribution in [1.82, 2.24) is 0 Å². The summed E-state index contributed by atoms with van der Waals surface area (Å²) in [5, 5.41) is 0. The SMILES string of the molecule is CCOC(=O)[C@H](N)CCSSCC[C@@H](N)C(=O)OCC. The molecular weight excluding hydrogens is 300 g/mol. The first-order chi connectivity index (χ1) is 9.52. The molecule has 0 unspecified atom stereocenters. The van der Waals surface area contributed by atoms with Gasteiger partial charge in [0.2, 0.25) is 0 Å². The van der Waals surface area contributed by atoms with Gasteiger partial charge in [0.05, 0.1) is 13.2 Å². The molecule has 0 rings (SSSR count). The quantitative estimate of drug-likeness (QED) is 0.328. The molecule has 0 aliphatic heterocycles. The van der Waals surface area contributed by atoms with Crippen LogP contribution in [0.1, 0.15) is 26.7 Å². The number of esters is 2. The zero-order valence-electron chi connectivity index (χ0n) is 12.0. The van der Waals surface area contributed by atoms with E-state index in [1.807, 2.05) is 0 Å². The van der Waals surface area contributed by atoms with E-state index in [4.69, 9.17) is 20.9 Å². The van der Waals surface area contributed by atoms with Crippen LogP contribution in [0, 0.1) is 0 Å². The van der Waals surface area contributed by atoms with Crippen LogP contribution >= 0.6 is 21.6 Å². The van der Waals surface area contributed by atoms with Gasteiger partial charge < -0.3 is 20.9 Å². The molecule has 0 amide bonds. The van der Waals surface area contributed by atoms with Gasteiger partial charge in [-0.05, 0) is 26.7 Å². The Kier molecular flexibility index (Phi) is 12.0. The molecule has 0 aromatic rings. The van der Waals surface area contributed by atoms with Crippen LogP contribution < -0.4 is 11.5 Å². The number of rotatable bonds is 11. The topological polar surface area (TPSA) is 105 Å². The fourth-order valence-electron chi connectivity index (χ4n) is 1.20. The Morgan fingerprint density at radius 2 is 1.25 bits per heavy atom. The minimum Gasteiger partial charge on any atom is -0.465 e. The molecule has 0 aromatic heterocycles. The number of hydrogen-bond acceptors (Lipinski definition) is 8. The predicted octanol–water partition coefficient (Wildman–Crippen LogP) is 0.929. The van der Waals surface area contributed by atoms with Crippen molar-refractivity contribution in [3.8, 4) is 0 Å². The molecule has 0 fully saturated rings. The van der Waals surface area contributed by atoms with Crippen LogP contribution in [0.5, 0.6) is 0 Å². The molecule has 0 saturated heterocycles. The second-order valence-corrected chi connectivity index (χ2v) is 6.64. The molecule has 6 nitrogen and oxygen atoms in total. The van der Waals surface area contributed by atoms with Crippen molar-refractivity contribution < 1.29 is 19.1 Å². The van der Waals surface area contributed by atoms with Crippen molar-refractivity contribution in [3.05, 3.63) is 0 Å². The molecule has 0 bridgehead atoms. The van der Waals surface area contributed by atoms with E-state index in [-0.39, 0.29) is 11.9 Å². The first kappa shape index (κ1) is 19.6. The number of carbonyl (C=O) groups is 2. The minimum absolute atomic E-state index is 0.347. The van der Waals surface area contributed by atoms with Gasteiger partial charge in [0.15, 0.2) is 0 Å². The molecule has 0 heterocycles. The Balaban J connectivity index is 3.53. The third-order valence-corrected chi connectivity index (χ3v) is 4.76. The second-order valence-electron chi connectivity index (χ2n) is 3.94. The van der Waals surface area contributed by atoms with Gasteiger partial charge in [-0.2, -0.15) is 0 Å². The molecule has 0 radical (unpaired) electrons. The summed E-state index contributed by atoms with van der Waals surface area (Å²) in [6.07, 6.45) is 1.14. The summed E-state index contributed by atoms with van der Waals surface area (Å²) in [6, 6.07) is -1.13. The molecule has 0 spiro atoms. The first-order valence-electron chi connectivity index (χ1n) is 6.61. The van der Waals surface area contributed by atoms with Crippen LogP contribution in [-0.2, 0) is 19.1 Å². The summed E-state index contributed by atoms with van der Waals surface area (Å²) in [7, 11) is 3.21. The predicted molar refractivity (Wildman–Crippen MR) is 83.4 cm³/mol. The van der Waals surface area contributed by atoms with Gasteiger partial charge in [0.25, 0.3) is 0 Å². The van der Waals surface area contributed by atoms with Crippen LogP contribution in [0.4, 0.5) is 0 Å². The fraction of sp³-hybridized carbons (Fsp3) is 0.833. The van der Waals surface area contributed by atoms with Gasteiger partial charge in [-0.15, -0.1) is 0 Å². The van der Waals surface area contributed by atoms with Gasteiger partial charge in [0, 0.05) is 11.5 Å². The maximum atomic E-state index is 11.3. The number of ether oxygens (including phenoxy) is 2. The summed E-state index contributed by atoms with van der Waals surface area (Å²) in [5.74, 6) is 0.781. The van der Waals surface area contributed by atoms with Gasteiger partial charge in [-0.3, -0.25) is 9.59 Å². The molecule has 4 N–H and O–H groups in total. The highest BCUT2D eigenvalue weighted by Gasteiger charge is 2.15. The van der Waals surface area contributed by atoms with E-state index < -0.39 is 12.1 Å². The Labute approximate surface area is 128 Å². The summed E-state index contributed by atoms with van der Waals surface area (Å²) < 4.78 is 9.63. The van der Waals surface area contributed by atoms with Crippen molar-refractivity contribution in [2.45, 2.75) is 38.8 Å². The fourth-order valence-corrected chi connectivity index (χ4v) is 3.42.